The highest BCUT2D eigenvalue weighted by Gasteiger charge is 2.32. The third kappa shape index (κ3) is 1.79. The minimum Gasteiger partial charge on any atom is -0.263 e. The zero-order chi connectivity index (χ0) is 11.1. The number of alkyl halides is 3. The van der Waals surface area contributed by atoms with E-state index < -0.39 is 11.7 Å². The van der Waals surface area contributed by atoms with E-state index in [2.05, 4.69) is 4.98 Å². The standard InChI is InChI=1S/C11H8F3N/c1-7-2-3-8-5-15-6-10(9(8)4-7)11(12,13)14/h2-6H,1H3. The van der Waals surface area contributed by atoms with Crippen molar-refractivity contribution >= 4 is 10.8 Å². The first-order chi connectivity index (χ1) is 6.98. The van der Waals surface area contributed by atoms with Gasteiger partial charge in [-0.25, -0.2) is 0 Å². The van der Waals surface area contributed by atoms with Gasteiger partial charge in [-0.05, 0) is 12.3 Å². The van der Waals surface area contributed by atoms with Crippen LogP contribution in [0.5, 0.6) is 0 Å². The molecule has 0 amide bonds. The van der Waals surface area contributed by atoms with E-state index in [0.717, 1.165) is 11.8 Å². The van der Waals surface area contributed by atoms with Crippen molar-refractivity contribution in [3.63, 3.8) is 0 Å². The van der Waals surface area contributed by atoms with Crippen LogP contribution in [0, 0.1) is 6.92 Å². The number of pyridine rings is 1. The van der Waals surface area contributed by atoms with E-state index in [1.165, 1.54) is 12.3 Å². The fourth-order valence-corrected chi connectivity index (χ4v) is 1.50. The van der Waals surface area contributed by atoms with Crippen LogP contribution < -0.4 is 0 Å². The highest BCUT2D eigenvalue weighted by molar-refractivity contribution is 5.85. The Kier molecular flexibility index (Phi) is 2.14. The Bertz CT molecular complexity index is 503. The zero-order valence-corrected chi connectivity index (χ0v) is 7.97. The van der Waals surface area contributed by atoms with Gasteiger partial charge in [0.2, 0.25) is 0 Å². The van der Waals surface area contributed by atoms with Crippen LogP contribution in [0.1, 0.15) is 11.1 Å². The maximum Gasteiger partial charge on any atom is 0.418 e. The van der Waals surface area contributed by atoms with E-state index in [1.54, 1.807) is 19.1 Å². The molecule has 0 saturated carbocycles. The quantitative estimate of drug-likeness (QED) is 0.649. The van der Waals surface area contributed by atoms with Gasteiger partial charge < -0.3 is 0 Å². The van der Waals surface area contributed by atoms with Gasteiger partial charge in [-0.15, -0.1) is 0 Å². The maximum absolute atomic E-state index is 12.6. The second-order valence-corrected chi connectivity index (χ2v) is 3.41. The van der Waals surface area contributed by atoms with Crippen LogP contribution in [0.4, 0.5) is 13.2 Å². The highest BCUT2D eigenvalue weighted by Crippen LogP contribution is 2.34. The van der Waals surface area contributed by atoms with E-state index in [9.17, 15) is 13.2 Å². The molecule has 0 bridgehead atoms. The average Bonchev–Trinajstić information content (AvgIpc) is 2.15. The van der Waals surface area contributed by atoms with Gasteiger partial charge in [0.1, 0.15) is 0 Å². The van der Waals surface area contributed by atoms with E-state index >= 15 is 0 Å². The lowest BCUT2D eigenvalue weighted by atomic mass is 10.1. The number of hydrogen-bond acceptors (Lipinski definition) is 1. The van der Waals surface area contributed by atoms with Crippen molar-refractivity contribution in [3.8, 4) is 0 Å². The van der Waals surface area contributed by atoms with Gasteiger partial charge in [-0.3, -0.25) is 4.98 Å². The Morgan fingerprint density at radius 2 is 1.87 bits per heavy atom. The molecule has 0 spiro atoms. The van der Waals surface area contributed by atoms with Crippen molar-refractivity contribution in [1.29, 1.82) is 0 Å². The summed E-state index contributed by atoms with van der Waals surface area (Å²) >= 11 is 0. The Morgan fingerprint density at radius 3 is 2.53 bits per heavy atom. The summed E-state index contributed by atoms with van der Waals surface area (Å²) in [6, 6.07) is 4.94. The molecule has 15 heavy (non-hydrogen) atoms. The SMILES string of the molecule is Cc1ccc2cncc(C(F)(F)F)c2c1. The first-order valence-electron chi connectivity index (χ1n) is 4.40. The number of fused-ring (bicyclic) bond motifs is 1. The molecule has 2 aromatic rings. The van der Waals surface area contributed by atoms with Crippen LogP contribution >= 0.6 is 0 Å². The summed E-state index contributed by atoms with van der Waals surface area (Å²) in [5, 5.41) is 0.716. The van der Waals surface area contributed by atoms with Crippen LogP contribution in [0.3, 0.4) is 0 Å². The smallest absolute Gasteiger partial charge is 0.263 e. The van der Waals surface area contributed by atoms with Gasteiger partial charge in [0, 0.05) is 17.8 Å². The van der Waals surface area contributed by atoms with Crippen LogP contribution in [0.15, 0.2) is 30.6 Å². The largest absolute Gasteiger partial charge is 0.418 e. The number of halogens is 3. The first-order valence-corrected chi connectivity index (χ1v) is 4.40. The van der Waals surface area contributed by atoms with Gasteiger partial charge in [0.25, 0.3) is 0 Å². The number of rotatable bonds is 0. The molecule has 0 aliphatic rings. The Balaban J connectivity index is 2.80. The Hall–Kier alpha value is -1.58. The van der Waals surface area contributed by atoms with E-state index in [-0.39, 0.29) is 5.39 Å². The molecule has 1 aromatic carbocycles. The molecule has 0 atom stereocenters. The van der Waals surface area contributed by atoms with Crippen LogP contribution in [-0.4, -0.2) is 4.98 Å². The van der Waals surface area contributed by atoms with E-state index in [0.29, 0.717) is 5.39 Å². The second-order valence-electron chi connectivity index (χ2n) is 3.41. The van der Waals surface area contributed by atoms with Crippen molar-refractivity contribution in [2.45, 2.75) is 13.1 Å². The number of hydrogen-bond donors (Lipinski definition) is 0. The van der Waals surface area contributed by atoms with Crippen molar-refractivity contribution in [3.05, 3.63) is 41.7 Å². The second kappa shape index (κ2) is 3.22. The van der Waals surface area contributed by atoms with Crippen LogP contribution in [0.2, 0.25) is 0 Å². The van der Waals surface area contributed by atoms with Gasteiger partial charge >= 0.3 is 6.18 Å². The normalized spacial score (nSPS) is 12.0. The third-order valence-electron chi connectivity index (χ3n) is 2.22. The fraction of sp³-hybridized carbons (Fsp3) is 0.182. The molecule has 0 aliphatic carbocycles. The molecule has 4 heteroatoms. The van der Waals surface area contributed by atoms with Gasteiger partial charge in [-0.2, -0.15) is 13.2 Å². The van der Waals surface area contributed by atoms with E-state index in [4.69, 9.17) is 0 Å². The molecule has 1 heterocycles. The summed E-state index contributed by atoms with van der Waals surface area (Å²) in [5.74, 6) is 0. The van der Waals surface area contributed by atoms with E-state index in [1.807, 2.05) is 0 Å². The molecule has 78 valence electrons. The zero-order valence-electron chi connectivity index (χ0n) is 7.97. The highest BCUT2D eigenvalue weighted by atomic mass is 19.4. The molecule has 0 unspecified atom stereocenters. The predicted octanol–water partition coefficient (Wildman–Crippen LogP) is 3.56. The summed E-state index contributed by atoms with van der Waals surface area (Å²) in [5.41, 5.74) is 0.128. The van der Waals surface area contributed by atoms with Crippen molar-refractivity contribution in [1.82, 2.24) is 4.98 Å². The van der Waals surface area contributed by atoms with Crippen molar-refractivity contribution in [2.24, 2.45) is 0 Å². The van der Waals surface area contributed by atoms with Crippen LogP contribution in [-0.2, 0) is 6.18 Å². The average molecular weight is 211 g/mol. The minimum absolute atomic E-state index is 0.206. The molecule has 0 N–H and O–H groups in total. The molecule has 0 aliphatic heterocycles. The fourth-order valence-electron chi connectivity index (χ4n) is 1.50. The first kappa shape index (κ1) is 9.96. The predicted molar refractivity (Wildman–Crippen MR) is 51.5 cm³/mol. The molecule has 2 rings (SSSR count). The lowest BCUT2D eigenvalue weighted by molar-refractivity contribution is -0.136. The molecule has 1 aromatic heterocycles. The molecule has 0 radical (unpaired) electrons. The van der Waals surface area contributed by atoms with Gasteiger partial charge in [0.15, 0.2) is 0 Å². The Morgan fingerprint density at radius 1 is 1.13 bits per heavy atom. The third-order valence-corrected chi connectivity index (χ3v) is 2.22. The molecular weight excluding hydrogens is 203 g/mol. The van der Waals surface area contributed by atoms with Crippen LogP contribution in [0.25, 0.3) is 10.8 Å². The van der Waals surface area contributed by atoms with Crippen molar-refractivity contribution < 1.29 is 13.2 Å². The topological polar surface area (TPSA) is 12.9 Å². The lowest BCUT2D eigenvalue weighted by Crippen LogP contribution is -2.06. The summed E-state index contributed by atoms with van der Waals surface area (Å²) in [7, 11) is 0. The molecule has 1 nitrogen and oxygen atoms in total. The van der Waals surface area contributed by atoms with Gasteiger partial charge in [0.05, 0.1) is 5.56 Å². The summed E-state index contributed by atoms with van der Waals surface area (Å²) in [6.07, 6.45) is -2.05. The number of aryl methyl sites for hydroxylation is 1. The monoisotopic (exact) mass is 211 g/mol. The molecule has 0 saturated heterocycles. The molecular formula is C11H8F3N. The van der Waals surface area contributed by atoms with Gasteiger partial charge in [-0.1, -0.05) is 23.8 Å². The summed E-state index contributed by atoms with van der Waals surface area (Å²) < 4.78 is 37.8. The summed E-state index contributed by atoms with van der Waals surface area (Å²) in [6.45, 7) is 1.76. The maximum atomic E-state index is 12.6. The number of nitrogens with zero attached hydrogens (tertiary/aromatic N) is 1. The number of benzene rings is 1. The number of aromatic nitrogens is 1. The lowest BCUT2D eigenvalue weighted by Gasteiger charge is -2.09. The minimum atomic E-state index is -4.35. The Labute approximate surface area is 84.6 Å². The van der Waals surface area contributed by atoms with Crippen molar-refractivity contribution in [2.75, 3.05) is 0 Å². The molecule has 0 fully saturated rings. The summed E-state index contributed by atoms with van der Waals surface area (Å²) in [4.78, 5) is 3.59.